The molecule has 0 aliphatic carbocycles. The molecule has 3 rings (SSSR count). The van der Waals surface area contributed by atoms with E-state index in [9.17, 15) is 4.79 Å². The summed E-state index contributed by atoms with van der Waals surface area (Å²) in [6.45, 7) is 3.79. The van der Waals surface area contributed by atoms with Crippen molar-refractivity contribution < 1.29 is 4.79 Å². The molecule has 0 atom stereocenters. The van der Waals surface area contributed by atoms with Crippen LogP contribution in [0.2, 0.25) is 0 Å². The average Bonchev–Trinajstić information content (AvgIpc) is 2.69. The van der Waals surface area contributed by atoms with E-state index in [1.54, 1.807) is 0 Å². The highest BCUT2D eigenvalue weighted by Gasteiger charge is 2.31. The second-order valence-corrected chi connectivity index (χ2v) is 7.06. The maximum atomic E-state index is 12.4. The molecular formula is C14H17Br2ClN2O. The first-order valence-electron chi connectivity index (χ1n) is 6.63. The maximum Gasteiger partial charge on any atom is 0.254 e. The molecule has 6 heteroatoms. The summed E-state index contributed by atoms with van der Waals surface area (Å²) in [7, 11) is 0. The molecule has 1 fully saturated rings. The Morgan fingerprint density at radius 3 is 2.65 bits per heavy atom. The van der Waals surface area contributed by atoms with Crippen LogP contribution in [0.15, 0.2) is 21.1 Å². The molecule has 1 aromatic carbocycles. The number of hydrogen-bond donors (Lipinski definition) is 1. The highest BCUT2D eigenvalue weighted by Crippen LogP contribution is 2.33. The summed E-state index contributed by atoms with van der Waals surface area (Å²) in [6.07, 6.45) is 2.34. The lowest BCUT2D eigenvalue weighted by Gasteiger charge is -2.27. The molecule has 2 aliphatic rings. The predicted molar refractivity (Wildman–Crippen MR) is 89.4 cm³/mol. The molecule has 0 spiro atoms. The second-order valence-electron chi connectivity index (χ2n) is 5.29. The Morgan fingerprint density at radius 1 is 1.25 bits per heavy atom. The van der Waals surface area contributed by atoms with Gasteiger partial charge >= 0.3 is 0 Å². The molecule has 3 nitrogen and oxygen atoms in total. The summed E-state index contributed by atoms with van der Waals surface area (Å²) < 4.78 is 1.98. The highest BCUT2D eigenvalue weighted by atomic mass is 79.9. The number of nitrogens with zero attached hydrogens (tertiary/aromatic N) is 1. The van der Waals surface area contributed by atoms with Crippen LogP contribution in [0, 0.1) is 5.92 Å². The highest BCUT2D eigenvalue weighted by molar-refractivity contribution is 9.11. The van der Waals surface area contributed by atoms with Crippen molar-refractivity contribution >= 4 is 50.2 Å². The molecule has 1 aromatic rings. The topological polar surface area (TPSA) is 32.3 Å². The molecule has 1 saturated heterocycles. The summed E-state index contributed by atoms with van der Waals surface area (Å²) in [4.78, 5) is 14.4. The Hall–Kier alpha value is -0.100. The van der Waals surface area contributed by atoms with E-state index in [-0.39, 0.29) is 18.3 Å². The minimum Gasteiger partial charge on any atom is -0.334 e. The van der Waals surface area contributed by atoms with Gasteiger partial charge in [0.2, 0.25) is 0 Å². The molecule has 0 radical (unpaired) electrons. The van der Waals surface area contributed by atoms with Crippen molar-refractivity contribution in [2.45, 2.75) is 19.4 Å². The summed E-state index contributed by atoms with van der Waals surface area (Å²) in [5.74, 6) is 0.817. The molecule has 1 N–H and O–H groups in total. The van der Waals surface area contributed by atoms with Gasteiger partial charge in [-0.05, 0) is 49.5 Å². The Kier molecular flexibility index (Phi) is 5.51. The molecule has 0 unspecified atom stereocenters. The van der Waals surface area contributed by atoms with E-state index in [4.69, 9.17) is 0 Å². The Balaban J connectivity index is 0.00000147. The Morgan fingerprint density at radius 2 is 1.95 bits per heavy atom. The van der Waals surface area contributed by atoms with E-state index in [2.05, 4.69) is 37.2 Å². The third-order valence-electron chi connectivity index (χ3n) is 3.96. The number of amides is 1. The van der Waals surface area contributed by atoms with Crippen LogP contribution >= 0.6 is 44.3 Å². The number of carbonyl (C=O) groups is 1. The third kappa shape index (κ3) is 3.21. The van der Waals surface area contributed by atoms with Crippen LogP contribution in [-0.4, -0.2) is 30.4 Å². The van der Waals surface area contributed by atoms with Gasteiger partial charge in [0.05, 0.1) is 0 Å². The molecule has 0 bridgehead atoms. The predicted octanol–water partition coefficient (Wildman–Crippen LogP) is 3.59. The minimum atomic E-state index is 0. The van der Waals surface area contributed by atoms with Crippen LogP contribution in [0.5, 0.6) is 0 Å². The van der Waals surface area contributed by atoms with Crippen LogP contribution in [0.3, 0.4) is 0 Å². The van der Waals surface area contributed by atoms with Gasteiger partial charge in [-0.15, -0.1) is 12.4 Å². The average molecular weight is 425 g/mol. The zero-order chi connectivity index (χ0) is 13.4. The molecule has 0 saturated carbocycles. The van der Waals surface area contributed by atoms with Gasteiger partial charge in [0.1, 0.15) is 0 Å². The number of carbonyl (C=O) groups excluding carboxylic acids is 1. The standard InChI is InChI=1S/C14H16Br2N2O.ClH/c15-10-5-11-12(13(16)6-10)8-18(14(11)19)7-9-1-3-17-4-2-9;/h5-6,9,17H,1-4,7-8H2;1H. The van der Waals surface area contributed by atoms with Crippen molar-refractivity contribution in [1.29, 1.82) is 0 Å². The molecule has 1 amide bonds. The van der Waals surface area contributed by atoms with E-state index in [0.717, 1.165) is 46.3 Å². The van der Waals surface area contributed by atoms with E-state index in [1.165, 1.54) is 12.8 Å². The SMILES string of the molecule is Cl.O=C1c2cc(Br)cc(Br)c2CN1CC1CCNCC1. The largest absolute Gasteiger partial charge is 0.334 e. The van der Waals surface area contributed by atoms with E-state index in [0.29, 0.717) is 5.92 Å². The first-order chi connectivity index (χ1) is 9.15. The molecule has 2 heterocycles. The normalized spacial score (nSPS) is 18.9. The fraction of sp³-hybridized carbons (Fsp3) is 0.500. The van der Waals surface area contributed by atoms with Gasteiger partial charge in [-0.25, -0.2) is 0 Å². The summed E-state index contributed by atoms with van der Waals surface area (Å²) in [5.41, 5.74) is 1.97. The number of hydrogen-bond acceptors (Lipinski definition) is 2. The lowest BCUT2D eigenvalue weighted by Crippen LogP contribution is -2.36. The van der Waals surface area contributed by atoms with Crippen molar-refractivity contribution in [3.05, 3.63) is 32.2 Å². The van der Waals surface area contributed by atoms with Crippen molar-refractivity contribution in [2.24, 2.45) is 5.92 Å². The number of benzene rings is 1. The quantitative estimate of drug-likeness (QED) is 0.787. The third-order valence-corrected chi connectivity index (χ3v) is 5.13. The van der Waals surface area contributed by atoms with Crippen molar-refractivity contribution in [3.8, 4) is 0 Å². The van der Waals surface area contributed by atoms with Gasteiger partial charge in [0.15, 0.2) is 0 Å². The lowest BCUT2D eigenvalue weighted by atomic mass is 9.98. The number of halogens is 3. The van der Waals surface area contributed by atoms with Crippen molar-refractivity contribution in [2.75, 3.05) is 19.6 Å². The summed E-state index contributed by atoms with van der Waals surface area (Å²) in [6, 6.07) is 3.95. The second kappa shape index (κ2) is 6.77. The van der Waals surface area contributed by atoms with Crippen LogP contribution < -0.4 is 5.32 Å². The van der Waals surface area contributed by atoms with Crippen LogP contribution in [0.4, 0.5) is 0 Å². The molecule has 20 heavy (non-hydrogen) atoms. The fourth-order valence-corrected chi connectivity index (χ4v) is 4.26. The van der Waals surface area contributed by atoms with Gasteiger partial charge < -0.3 is 10.2 Å². The summed E-state index contributed by atoms with van der Waals surface area (Å²) in [5, 5.41) is 3.37. The van der Waals surface area contributed by atoms with Crippen molar-refractivity contribution in [1.82, 2.24) is 10.2 Å². The zero-order valence-corrected chi connectivity index (χ0v) is 15.0. The van der Waals surface area contributed by atoms with E-state index in [1.807, 2.05) is 17.0 Å². The van der Waals surface area contributed by atoms with Gasteiger partial charge in [-0.3, -0.25) is 4.79 Å². The first kappa shape index (κ1) is 16.3. The van der Waals surface area contributed by atoms with Gasteiger partial charge in [-0.2, -0.15) is 0 Å². The number of nitrogens with one attached hydrogen (secondary N) is 1. The number of fused-ring (bicyclic) bond motifs is 1. The molecule has 2 aliphatic heterocycles. The molecule has 110 valence electrons. The smallest absolute Gasteiger partial charge is 0.254 e. The van der Waals surface area contributed by atoms with Gasteiger partial charge in [0, 0.05) is 27.6 Å². The number of rotatable bonds is 2. The van der Waals surface area contributed by atoms with E-state index >= 15 is 0 Å². The maximum absolute atomic E-state index is 12.4. The Bertz CT molecular complexity index is 518. The van der Waals surface area contributed by atoms with Gasteiger partial charge in [0.25, 0.3) is 5.91 Å². The summed E-state index contributed by atoms with van der Waals surface area (Å²) >= 11 is 7.01. The van der Waals surface area contributed by atoms with Gasteiger partial charge in [-0.1, -0.05) is 31.9 Å². The lowest BCUT2D eigenvalue weighted by molar-refractivity contribution is 0.0740. The van der Waals surface area contributed by atoms with Crippen molar-refractivity contribution in [3.63, 3.8) is 0 Å². The van der Waals surface area contributed by atoms with Crippen LogP contribution in [0.1, 0.15) is 28.8 Å². The minimum absolute atomic E-state index is 0. The Labute approximate surface area is 142 Å². The zero-order valence-electron chi connectivity index (χ0n) is 11.0. The number of piperidine rings is 1. The fourth-order valence-electron chi connectivity index (χ4n) is 2.91. The van der Waals surface area contributed by atoms with Crippen LogP contribution in [0.25, 0.3) is 0 Å². The molecule has 0 aromatic heterocycles. The molecular weight excluding hydrogens is 407 g/mol. The monoisotopic (exact) mass is 422 g/mol. The first-order valence-corrected chi connectivity index (χ1v) is 8.21. The van der Waals surface area contributed by atoms with E-state index < -0.39 is 0 Å². The van der Waals surface area contributed by atoms with Crippen LogP contribution in [-0.2, 0) is 6.54 Å².